The van der Waals surface area contributed by atoms with Crippen LogP contribution in [0.25, 0.3) is 22.4 Å². The largest absolute Gasteiger partial charge is 0.378 e. The Hall–Kier alpha value is -2.80. The van der Waals surface area contributed by atoms with Gasteiger partial charge in [-0.05, 0) is 18.4 Å². The molecule has 2 N–H and O–H groups in total. The molecule has 0 aliphatic carbocycles. The number of morpholine rings is 1. The topological polar surface area (TPSA) is 90.0 Å². The zero-order valence-electron chi connectivity index (χ0n) is 15.6. The number of hydrogen-bond acceptors (Lipinski definition) is 7. The molecule has 0 unspecified atom stereocenters. The van der Waals surface area contributed by atoms with Crippen LogP contribution in [0, 0.1) is 0 Å². The lowest BCUT2D eigenvalue weighted by atomic mass is 10.1. The highest BCUT2D eigenvalue weighted by Crippen LogP contribution is 2.26. The fraction of sp³-hybridized carbons (Fsp3) is 0.400. The van der Waals surface area contributed by atoms with E-state index in [2.05, 4.69) is 51.0 Å². The first-order valence-corrected chi connectivity index (χ1v) is 9.47. The van der Waals surface area contributed by atoms with Crippen molar-refractivity contribution in [2.24, 2.45) is 0 Å². The van der Waals surface area contributed by atoms with E-state index in [0.29, 0.717) is 24.4 Å². The molecular formula is C20H24N6O. The van der Waals surface area contributed by atoms with Crippen molar-refractivity contribution in [2.45, 2.75) is 26.2 Å². The normalized spacial score (nSPS) is 14.6. The smallest absolute Gasteiger partial charge is 0.224 e. The van der Waals surface area contributed by atoms with Crippen LogP contribution < -0.4 is 10.6 Å². The monoisotopic (exact) mass is 364 g/mol. The number of hydrogen-bond donors (Lipinski definition) is 1. The molecule has 0 atom stereocenters. The van der Waals surface area contributed by atoms with Gasteiger partial charge in [0.05, 0.1) is 25.1 Å². The number of fused-ring (bicyclic) bond motifs is 1. The van der Waals surface area contributed by atoms with Crippen LogP contribution in [0.2, 0.25) is 0 Å². The van der Waals surface area contributed by atoms with Crippen molar-refractivity contribution in [1.82, 2.24) is 19.9 Å². The summed E-state index contributed by atoms with van der Waals surface area (Å²) >= 11 is 0. The molecule has 0 bridgehead atoms. The quantitative estimate of drug-likeness (QED) is 0.744. The minimum absolute atomic E-state index is 0.214. The summed E-state index contributed by atoms with van der Waals surface area (Å²) in [5, 5.41) is 0. The summed E-state index contributed by atoms with van der Waals surface area (Å²) < 4.78 is 5.44. The summed E-state index contributed by atoms with van der Waals surface area (Å²) in [6, 6.07) is 8.54. The Morgan fingerprint density at radius 1 is 1.07 bits per heavy atom. The van der Waals surface area contributed by atoms with Gasteiger partial charge >= 0.3 is 0 Å². The Bertz CT molecular complexity index is 922. The number of aryl methyl sites for hydroxylation is 1. The van der Waals surface area contributed by atoms with E-state index in [-0.39, 0.29) is 5.95 Å². The maximum atomic E-state index is 5.89. The molecule has 7 heteroatoms. The summed E-state index contributed by atoms with van der Waals surface area (Å²) in [6.07, 6.45) is 5.26. The van der Waals surface area contributed by atoms with Crippen LogP contribution in [0.1, 0.15) is 25.3 Å². The minimum atomic E-state index is 0.214. The van der Waals surface area contributed by atoms with Gasteiger partial charge in [0, 0.05) is 18.7 Å². The molecule has 0 amide bonds. The van der Waals surface area contributed by atoms with Gasteiger partial charge in [0.25, 0.3) is 0 Å². The molecular weight excluding hydrogens is 340 g/mol. The van der Waals surface area contributed by atoms with Gasteiger partial charge in [-0.15, -0.1) is 0 Å². The summed E-state index contributed by atoms with van der Waals surface area (Å²) in [4.78, 5) is 20.1. The highest BCUT2D eigenvalue weighted by molar-refractivity contribution is 5.85. The molecule has 1 fully saturated rings. The van der Waals surface area contributed by atoms with E-state index in [0.717, 1.165) is 36.6 Å². The van der Waals surface area contributed by atoms with Crippen LogP contribution in [-0.2, 0) is 11.2 Å². The number of nitrogen functional groups attached to an aromatic ring is 1. The minimum Gasteiger partial charge on any atom is -0.378 e. The van der Waals surface area contributed by atoms with Crippen molar-refractivity contribution < 1.29 is 4.74 Å². The molecule has 1 aliphatic heterocycles. The molecule has 3 heterocycles. The molecule has 0 spiro atoms. The van der Waals surface area contributed by atoms with Gasteiger partial charge < -0.3 is 15.4 Å². The van der Waals surface area contributed by atoms with E-state index in [4.69, 9.17) is 15.5 Å². The van der Waals surface area contributed by atoms with Crippen LogP contribution in [0.5, 0.6) is 0 Å². The Kier molecular flexibility index (Phi) is 5.11. The third-order valence-corrected chi connectivity index (χ3v) is 4.79. The number of nitrogens with two attached hydrogens (primary N) is 1. The van der Waals surface area contributed by atoms with Crippen molar-refractivity contribution in [3.05, 3.63) is 36.0 Å². The van der Waals surface area contributed by atoms with Crippen molar-refractivity contribution in [3.63, 3.8) is 0 Å². The van der Waals surface area contributed by atoms with Crippen LogP contribution in [0.4, 0.5) is 11.8 Å². The Morgan fingerprint density at radius 3 is 2.59 bits per heavy atom. The third kappa shape index (κ3) is 3.83. The number of rotatable bonds is 5. The average Bonchev–Trinajstić information content (AvgIpc) is 2.72. The molecule has 27 heavy (non-hydrogen) atoms. The van der Waals surface area contributed by atoms with Gasteiger partial charge in [0.2, 0.25) is 5.95 Å². The lowest BCUT2D eigenvalue weighted by molar-refractivity contribution is 0.122. The first kappa shape index (κ1) is 17.6. The maximum absolute atomic E-state index is 5.89. The number of unbranched alkanes of at least 4 members (excludes halogenated alkanes) is 1. The SMILES string of the molecule is CCCCc1ccc(-c2cnc3nc(N)nc(N4CCOCC4)c3n2)cc1. The molecule has 1 saturated heterocycles. The van der Waals surface area contributed by atoms with Gasteiger partial charge in [-0.3, -0.25) is 0 Å². The van der Waals surface area contributed by atoms with Gasteiger partial charge in [-0.2, -0.15) is 9.97 Å². The first-order chi connectivity index (χ1) is 13.2. The van der Waals surface area contributed by atoms with Gasteiger partial charge in [0.1, 0.15) is 0 Å². The van der Waals surface area contributed by atoms with Crippen LogP contribution >= 0.6 is 0 Å². The van der Waals surface area contributed by atoms with E-state index < -0.39 is 0 Å². The second-order valence-corrected chi connectivity index (χ2v) is 6.73. The van der Waals surface area contributed by atoms with E-state index in [1.54, 1.807) is 6.20 Å². The summed E-state index contributed by atoms with van der Waals surface area (Å²) in [7, 11) is 0. The fourth-order valence-electron chi connectivity index (χ4n) is 3.27. The standard InChI is InChI=1S/C20H24N6O/c1-2-3-4-14-5-7-15(8-6-14)16-13-22-18-17(23-16)19(25-20(21)24-18)26-9-11-27-12-10-26/h5-8,13H,2-4,9-12H2,1H3,(H2,21,22,24,25). The van der Waals surface area contributed by atoms with Crippen molar-refractivity contribution in [2.75, 3.05) is 36.9 Å². The zero-order chi connectivity index (χ0) is 18.6. The number of anilines is 2. The Morgan fingerprint density at radius 2 is 1.85 bits per heavy atom. The lowest BCUT2D eigenvalue weighted by Crippen LogP contribution is -2.37. The highest BCUT2D eigenvalue weighted by Gasteiger charge is 2.19. The Balaban J connectivity index is 1.71. The highest BCUT2D eigenvalue weighted by atomic mass is 16.5. The first-order valence-electron chi connectivity index (χ1n) is 9.47. The zero-order valence-corrected chi connectivity index (χ0v) is 15.6. The molecule has 7 nitrogen and oxygen atoms in total. The molecule has 1 aromatic carbocycles. The van der Waals surface area contributed by atoms with E-state index in [9.17, 15) is 0 Å². The molecule has 2 aromatic heterocycles. The molecule has 3 aromatic rings. The fourth-order valence-corrected chi connectivity index (χ4v) is 3.27. The van der Waals surface area contributed by atoms with E-state index >= 15 is 0 Å². The van der Waals surface area contributed by atoms with Crippen LogP contribution in [0.3, 0.4) is 0 Å². The molecule has 1 aliphatic rings. The number of benzene rings is 1. The Labute approximate surface area is 158 Å². The number of nitrogens with zero attached hydrogens (tertiary/aromatic N) is 5. The molecule has 0 saturated carbocycles. The second-order valence-electron chi connectivity index (χ2n) is 6.73. The molecule has 0 radical (unpaired) electrons. The van der Waals surface area contributed by atoms with Gasteiger partial charge in [-0.25, -0.2) is 9.97 Å². The summed E-state index contributed by atoms with van der Waals surface area (Å²) in [5.41, 5.74) is 10.3. The lowest BCUT2D eigenvalue weighted by Gasteiger charge is -2.28. The maximum Gasteiger partial charge on any atom is 0.224 e. The van der Waals surface area contributed by atoms with E-state index in [1.807, 2.05) is 0 Å². The second kappa shape index (κ2) is 7.84. The number of aromatic nitrogens is 4. The average molecular weight is 364 g/mol. The predicted molar refractivity (Wildman–Crippen MR) is 107 cm³/mol. The molecule has 4 rings (SSSR count). The predicted octanol–water partition coefficient (Wildman–Crippen LogP) is 2.85. The van der Waals surface area contributed by atoms with Crippen molar-refractivity contribution in [1.29, 1.82) is 0 Å². The summed E-state index contributed by atoms with van der Waals surface area (Å²) in [6.45, 7) is 5.04. The summed E-state index contributed by atoms with van der Waals surface area (Å²) in [5.74, 6) is 0.945. The van der Waals surface area contributed by atoms with Crippen molar-refractivity contribution in [3.8, 4) is 11.3 Å². The number of ether oxygens (including phenoxy) is 1. The van der Waals surface area contributed by atoms with Crippen LogP contribution in [0.15, 0.2) is 30.5 Å². The van der Waals surface area contributed by atoms with Gasteiger partial charge in [0.15, 0.2) is 17.0 Å². The van der Waals surface area contributed by atoms with E-state index in [1.165, 1.54) is 18.4 Å². The van der Waals surface area contributed by atoms with Crippen molar-refractivity contribution >= 4 is 22.9 Å². The third-order valence-electron chi connectivity index (χ3n) is 4.79. The van der Waals surface area contributed by atoms with Gasteiger partial charge in [-0.1, -0.05) is 37.6 Å². The van der Waals surface area contributed by atoms with Crippen LogP contribution in [-0.4, -0.2) is 46.2 Å². The molecule has 140 valence electrons.